The number of benzene rings is 8. The Kier molecular flexibility index (Phi) is 52.6. The van der Waals surface area contributed by atoms with Crippen molar-refractivity contribution < 1.29 is 53.1 Å². The Morgan fingerprint density at radius 1 is 0.290 bits per heavy atom. The third-order valence-corrected chi connectivity index (χ3v) is 46.8. The summed E-state index contributed by atoms with van der Waals surface area (Å²) < 4.78 is 22.1. The normalized spacial score (nSPS) is 26.7. The van der Waals surface area contributed by atoms with E-state index in [-0.39, 0.29) is 102 Å². The van der Waals surface area contributed by atoms with Gasteiger partial charge in [-0.15, -0.1) is 0 Å². The molecule has 13 unspecified atom stereocenters. The summed E-state index contributed by atoms with van der Waals surface area (Å²) in [4.78, 5) is 13.4. The molecule has 4 saturated carbocycles. The molecule has 8 aromatic carbocycles. The van der Waals surface area contributed by atoms with E-state index < -0.39 is 16.0 Å². The predicted octanol–water partition coefficient (Wildman–Crippen LogP) is 23.5. The van der Waals surface area contributed by atoms with Crippen LogP contribution in [0.5, 0.6) is 0 Å². The monoisotopic (exact) mass is 2110 g/mol. The van der Waals surface area contributed by atoms with E-state index in [1.54, 1.807) is 0 Å². The van der Waals surface area contributed by atoms with Gasteiger partial charge in [-0.1, -0.05) is 341 Å². The first-order valence-electron chi connectivity index (χ1n) is 43.8. The van der Waals surface area contributed by atoms with E-state index in [1.807, 2.05) is 28.4 Å². The molecule has 19 heteroatoms. The second-order valence-corrected chi connectivity index (χ2v) is 54.8. The Morgan fingerprint density at radius 3 is 0.677 bits per heavy atom. The molecule has 0 amide bonds. The van der Waals surface area contributed by atoms with E-state index in [0.717, 1.165) is 48.9 Å². The van der Waals surface area contributed by atoms with Crippen LogP contribution in [0.1, 0.15) is 111 Å². The Hall–Kier alpha value is -1.66. The van der Waals surface area contributed by atoms with Gasteiger partial charge in [-0.25, -0.2) is 0 Å². The maximum atomic E-state index is 5.59. The number of ether oxygens (including phenoxy) is 4. The first kappa shape index (κ1) is 113. The molecule has 8 fully saturated rings. The number of likely N-dealkylation sites (tertiary alicyclic amines) is 4. The van der Waals surface area contributed by atoms with Gasteiger partial charge in [0.2, 0.25) is 0 Å². The summed E-state index contributed by atoms with van der Waals surface area (Å²) in [5, 5.41) is 12.2. The van der Waals surface area contributed by atoms with E-state index in [4.69, 9.17) is 18.9 Å². The number of methoxy groups -OCH3 is 4. The zero-order chi connectivity index (χ0) is 80.8. The fraction of sp³-hybridized carbons (Fsp3) is 0.505. The van der Waals surface area contributed by atoms with E-state index in [9.17, 15) is 0 Å². The van der Waals surface area contributed by atoms with Crippen molar-refractivity contribution in [2.45, 2.75) is 202 Å². The molecule has 4 aliphatic heterocycles. The maximum Gasteiger partial charge on any atom is 2.00 e. The SMILES string of the molecule is C.C.COC[C@@H]1CCCN1CC1C(Br)C([Si](C)(C)C)CC1P(c1ccccc1)c1ccccc1.COC[C@@H]1CCCN1CC1C(Br)CCC1P(c1ccccc1)c1ccccc1.COC[C@@H]1CCCN1CC1C(Br)CCC1P(c1ccccc1)c1ccccc1.COC[C@@H]1CCCN1CC1C(Br)CCC1P(c1ccccc1)c1ccccc1.[CH3-].[CH3-].[CH3-].[CH3-].[Fe+2].[Fe+2]. The minimum absolute atomic E-state index is 0. The molecule has 684 valence electrons. The van der Waals surface area contributed by atoms with Crippen molar-refractivity contribution in [1.82, 2.24) is 19.6 Å². The van der Waals surface area contributed by atoms with Crippen molar-refractivity contribution in [3.63, 3.8) is 0 Å². The molecule has 4 saturated heterocycles. The summed E-state index contributed by atoms with van der Waals surface area (Å²) in [5.41, 5.74) is 3.71. The van der Waals surface area contributed by atoms with Crippen molar-refractivity contribution >= 4 is 146 Å². The third kappa shape index (κ3) is 29.9. The van der Waals surface area contributed by atoms with Gasteiger partial charge in [-0.2, -0.15) is 0 Å². The van der Waals surface area contributed by atoms with Gasteiger partial charge in [0, 0.05) is 106 Å². The number of halogens is 4. The van der Waals surface area contributed by atoms with Gasteiger partial charge in [-0.05, 0) is 248 Å². The predicted molar refractivity (Wildman–Crippen MR) is 561 cm³/mol. The van der Waals surface area contributed by atoms with E-state index in [0.29, 0.717) is 72.8 Å². The standard InChI is InChI=1S/C27H39BrNOPSi.3C24H31BrNOP.2CH4.4CH3.2Fe/c1-30-20-21-12-11-17-29(21)19-24-25(18-26(27(24)28)32(2,3)4)31(22-13-7-5-8-14-22)23-15-9-6-10-16-23;3*1-27-18-19-9-8-16-26(19)17-22-23(25)14-15-24(22)28(20-10-4-2-5-11-20)21-12-6-3-7-13-21;;;;;;;;/h5-10,13-16,21,24-27H,11-12,17-20H2,1-4H3;3*2-7,10-13,19,22-24H,8-9,14-18H2,1H3;2*1H4;4*1H3;;/q;;;;;;4*-1;2*+2/t21-,24?,25?,26?,27?;3*19-,22?,23?,24?;;;;;;;;/m0000......../s1. The second-order valence-electron chi connectivity index (χ2n) is 35.0. The van der Waals surface area contributed by atoms with Crippen molar-refractivity contribution in [3.8, 4) is 0 Å². The third-order valence-electron chi connectivity index (χ3n) is 26.8. The number of hydrogen-bond donors (Lipinski definition) is 0. The molecule has 16 rings (SSSR count). The molecule has 0 spiro atoms. The molecule has 17 atom stereocenters. The van der Waals surface area contributed by atoms with Crippen molar-refractivity contribution in [2.75, 3.05) is 107 Å². The molecule has 0 N–H and O–H groups in total. The van der Waals surface area contributed by atoms with Gasteiger partial charge in [0.15, 0.2) is 0 Å². The zero-order valence-electron chi connectivity index (χ0n) is 74.9. The largest absolute Gasteiger partial charge is 2.00 e. The molecule has 8 aromatic rings. The topological polar surface area (TPSA) is 49.9 Å². The molecule has 4 heterocycles. The van der Waals surface area contributed by atoms with Crippen LogP contribution in [0.25, 0.3) is 0 Å². The first-order chi connectivity index (χ1) is 56.7. The molecule has 8 aliphatic rings. The van der Waals surface area contributed by atoms with Crippen molar-refractivity contribution in [1.29, 1.82) is 0 Å². The molecule has 4 aliphatic carbocycles. The molecule has 0 aromatic heterocycles. The first-order valence-corrected chi connectivity index (χ1v) is 56.7. The van der Waals surface area contributed by atoms with Gasteiger partial charge in [-0.3, -0.25) is 19.6 Å². The van der Waals surface area contributed by atoms with Crippen LogP contribution in [0.2, 0.25) is 25.2 Å². The molecule has 0 bridgehead atoms. The Labute approximate surface area is 816 Å². The quantitative estimate of drug-likeness (QED) is 0.0199. The maximum absolute atomic E-state index is 5.59. The Bertz CT molecular complexity index is 3630. The number of nitrogens with zero attached hydrogens (tertiary/aromatic N) is 4. The smallest absolute Gasteiger partial charge is 0.383 e. The van der Waals surface area contributed by atoms with Crippen LogP contribution in [0.15, 0.2) is 243 Å². The summed E-state index contributed by atoms with van der Waals surface area (Å²) in [6.07, 6.45) is 19.5. The average molecular weight is 2120 g/mol. The van der Waals surface area contributed by atoms with Crippen LogP contribution >= 0.6 is 95.4 Å². The molecule has 124 heavy (non-hydrogen) atoms. The van der Waals surface area contributed by atoms with Crippen LogP contribution in [0.3, 0.4) is 0 Å². The molecule has 0 radical (unpaired) electrons. The van der Waals surface area contributed by atoms with Crippen LogP contribution in [-0.2, 0) is 53.1 Å². The van der Waals surface area contributed by atoms with E-state index in [1.165, 1.54) is 191 Å². The van der Waals surface area contributed by atoms with Gasteiger partial charge in [0.05, 0.1) is 26.4 Å². The summed E-state index contributed by atoms with van der Waals surface area (Å²) in [5.74, 6) is 2.77. The minimum atomic E-state index is -1.29. The summed E-state index contributed by atoms with van der Waals surface area (Å²) in [6.45, 7) is 20.9. The molecular weight excluding hydrogens is 1960 g/mol. The second kappa shape index (κ2) is 57.8. The number of alkyl halides is 4. The van der Waals surface area contributed by atoms with Crippen LogP contribution in [0.4, 0.5) is 0 Å². The summed E-state index contributed by atoms with van der Waals surface area (Å²) in [6, 6.07) is 92.6. The van der Waals surface area contributed by atoms with Gasteiger partial charge >= 0.3 is 34.1 Å². The molecule has 8 nitrogen and oxygen atoms in total. The van der Waals surface area contributed by atoms with Crippen LogP contribution in [-0.4, -0.2) is 201 Å². The van der Waals surface area contributed by atoms with Gasteiger partial charge < -0.3 is 48.7 Å². The van der Waals surface area contributed by atoms with Crippen molar-refractivity contribution in [3.05, 3.63) is 272 Å². The van der Waals surface area contributed by atoms with Crippen LogP contribution in [0, 0.1) is 53.4 Å². The Balaban J connectivity index is 0.000000288. The van der Waals surface area contributed by atoms with Gasteiger partial charge in [0.1, 0.15) is 0 Å². The van der Waals surface area contributed by atoms with Gasteiger partial charge in [0.25, 0.3) is 0 Å². The average Bonchev–Trinajstić information content (AvgIpc) is 1.61. The fourth-order valence-corrected chi connectivity index (χ4v) is 42.5. The summed E-state index contributed by atoms with van der Waals surface area (Å²) >= 11 is 16.5. The number of rotatable bonds is 29. The zero-order valence-corrected chi connectivity index (χ0v) is 88.1. The van der Waals surface area contributed by atoms with Crippen LogP contribution < -0.4 is 42.4 Å². The number of hydrogen-bond acceptors (Lipinski definition) is 8. The van der Waals surface area contributed by atoms with E-state index >= 15 is 0 Å². The fourth-order valence-electron chi connectivity index (χ4n) is 21.1. The summed E-state index contributed by atoms with van der Waals surface area (Å²) in [7, 11) is 4.64. The van der Waals surface area contributed by atoms with E-state index in [2.05, 4.69) is 346 Å². The van der Waals surface area contributed by atoms with Crippen molar-refractivity contribution in [2.24, 2.45) is 23.7 Å². The minimum Gasteiger partial charge on any atom is -0.383 e. The Morgan fingerprint density at radius 2 is 0.484 bits per heavy atom. The molecular formula is C105H152Br4Fe2N4O4P4Si.